The molecule has 0 aliphatic heterocycles. The van der Waals surface area contributed by atoms with Crippen molar-refractivity contribution >= 4 is 19.7 Å². The van der Waals surface area contributed by atoms with Crippen LogP contribution in [0.15, 0.2) is 18.2 Å². The number of hydrogen-bond acceptors (Lipinski definition) is 3. The summed E-state index contributed by atoms with van der Waals surface area (Å²) in [5.74, 6) is -0.726. The molecule has 0 aliphatic carbocycles. The molecular weight excluding hydrogens is 279 g/mol. The molecule has 0 heterocycles. The van der Waals surface area contributed by atoms with Crippen LogP contribution in [0.5, 0.6) is 5.75 Å². The first-order valence-corrected chi connectivity index (χ1v) is 8.11. The molecule has 0 amide bonds. The van der Waals surface area contributed by atoms with Crippen molar-refractivity contribution in [1.29, 1.82) is 0 Å². The van der Waals surface area contributed by atoms with Crippen molar-refractivity contribution in [3.63, 3.8) is 0 Å². The highest BCUT2D eigenvalue weighted by Gasteiger charge is 2.17. The van der Waals surface area contributed by atoms with Gasteiger partial charge in [-0.25, -0.2) is 12.8 Å². The Morgan fingerprint density at radius 3 is 2.67 bits per heavy atom. The molecule has 0 aromatic heterocycles. The molecule has 1 rings (SSSR count). The Morgan fingerprint density at radius 2 is 2.11 bits per heavy atom. The van der Waals surface area contributed by atoms with Crippen molar-refractivity contribution in [3.8, 4) is 5.75 Å². The summed E-state index contributed by atoms with van der Waals surface area (Å²) in [6, 6.07) is 4.55. The summed E-state index contributed by atoms with van der Waals surface area (Å²) < 4.78 is 40.6. The highest BCUT2D eigenvalue weighted by molar-refractivity contribution is 8.13. The zero-order chi connectivity index (χ0) is 13.8. The minimum atomic E-state index is -3.56. The van der Waals surface area contributed by atoms with E-state index in [0.717, 1.165) is 5.56 Å². The molecule has 1 unspecified atom stereocenters. The van der Waals surface area contributed by atoms with Gasteiger partial charge in [-0.15, -0.1) is 0 Å². The lowest BCUT2D eigenvalue weighted by atomic mass is 10.1. The van der Waals surface area contributed by atoms with Crippen LogP contribution < -0.4 is 4.74 Å². The summed E-state index contributed by atoms with van der Waals surface area (Å²) in [4.78, 5) is 0. The minimum absolute atomic E-state index is 0.128. The van der Waals surface area contributed by atoms with Crippen LogP contribution in [-0.4, -0.2) is 20.8 Å². The van der Waals surface area contributed by atoms with E-state index in [1.807, 2.05) is 13.8 Å². The summed E-state index contributed by atoms with van der Waals surface area (Å²) >= 11 is 0. The van der Waals surface area contributed by atoms with E-state index < -0.39 is 14.9 Å². The van der Waals surface area contributed by atoms with Gasteiger partial charge in [0.15, 0.2) is 11.6 Å². The molecule has 3 nitrogen and oxygen atoms in total. The van der Waals surface area contributed by atoms with Crippen LogP contribution >= 0.6 is 10.7 Å². The Hall–Kier alpha value is -0.810. The third-order valence-corrected chi connectivity index (χ3v) is 3.82. The number of ether oxygens (including phenoxy) is 1. The van der Waals surface area contributed by atoms with Crippen molar-refractivity contribution in [1.82, 2.24) is 0 Å². The van der Waals surface area contributed by atoms with E-state index in [2.05, 4.69) is 0 Å². The molecule has 0 radical (unpaired) electrons. The van der Waals surface area contributed by atoms with E-state index >= 15 is 0 Å². The SMILES string of the molecule is CCC(COc1cc(C)ccc1F)CS(=O)(=O)Cl. The van der Waals surface area contributed by atoms with Gasteiger partial charge < -0.3 is 4.74 Å². The highest BCUT2D eigenvalue weighted by Crippen LogP contribution is 2.20. The fourth-order valence-electron chi connectivity index (χ4n) is 1.49. The first-order chi connectivity index (χ1) is 8.31. The molecule has 0 fully saturated rings. The second-order valence-corrected chi connectivity index (χ2v) is 7.05. The third-order valence-electron chi connectivity index (χ3n) is 2.57. The maximum absolute atomic E-state index is 13.4. The van der Waals surface area contributed by atoms with E-state index in [1.165, 1.54) is 6.07 Å². The van der Waals surface area contributed by atoms with E-state index in [1.54, 1.807) is 12.1 Å². The molecule has 0 saturated carbocycles. The van der Waals surface area contributed by atoms with Gasteiger partial charge in [0.05, 0.1) is 12.4 Å². The average Bonchev–Trinajstić information content (AvgIpc) is 2.27. The number of benzene rings is 1. The van der Waals surface area contributed by atoms with Gasteiger partial charge in [0.25, 0.3) is 0 Å². The van der Waals surface area contributed by atoms with Gasteiger partial charge in [0, 0.05) is 16.6 Å². The van der Waals surface area contributed by atoms with Crippen molar-refractivity contribution in [2.75, 3.05) is 12.4 Å². The minimum Gasteiger partial charge on any atom is -0.490 e. The lowest BCUT2D eigenvalue weighted by molar-refractivity contribution is 0.247. The lowest BCUT2D eigenvalue weighted by Crippen LogP contribution is -2.19. The van der Waals surface area contributed by atoms with Gasteiger partial charge >= 0.3 is 0 Å². The van der Waals surface area contributed by atoms with E-state index in [-0.39, 0.29) is 24.0 Å². The largest absolute Gasteiger partial charge is 0.490 e. The first-order valence-electron chi connectivity index (χ1n) is 5.63. The number of halogens is 2. The molecule has 1 aromatic rings. The predicted octanol–water partition coefficient (Wildman–Crippen LogP) is 3.11. The molecule has 18 heavy (non-hydrogen) atoms. The normalized spacial score (nSPS) is 13.3. The zero-order valence-electron chi connectivity index (χ0n) is 10.3. The molecule has 0 bridgehead atoms. The maximum atomic E-state index is 13.4. The van der Waals surface area contributed by atoms with Gasteiger partial charge in [-0.1, -0.05) is 13.0 Å². The molecule has 0 aliphatic rings. The van der Waals surface area contributed by atoms with Crippen LogP contribution in [0.4, 0.5) is 4.39 Å². The van der Waals surface area contributed by atoms with Crippen LogP contribution in [0.2, 0.25) is 0 Å². The monoisotopic (exact) mass is 294 g/mol. The van der Waals surface area contributed by atoms with E-state index in [9.17, 15) is 12.8 Å². The molecule has 0 spiro atoms. The van der Waals surface area contributed by atoms with Gasteiger partial charge in [0.2, 0.25) is 9.05 Å². The van der Waals surface area contributed by atoms with Crippen molar-refractivity contribution < 1.29 is 17.5 Å². The predicted molar refractivity (Wildman–Crippen MR) is 70.1 cm³/mol. The number of rotatable bonds is 6. The van der Waals surface area contributed by atoms with Crippen LogP contribution in [-0.2, 0) is 9.05 Å². The molecular formula is C12H16ClFO3S. The van der Waals surface area contributed by atoms with E-state index in [0.29, 0.717) is 6.42 Å². The quantitative estimate of drug-likeness (QED) is 0.757. The van der Waals surface area contributed by atoms with E-state index in [4.69, 9.17) is 15.4 Å². The summed E-state index contributed by atoms with van der Waals surface area (Å²) in [5, 5.41) is 0. The topological polar surface area (TPSA) is 43.4 Å². The summed E-state index contributed by atoms with van der Waals surface area (Å²) in [6.45, 7) is 3.79. The Kier molecular flexibility index (Phi) is 5.41. The second kappa shape index (κ2) is 6.38. The standard InChI is InChI=1S/C12H16ClFO3S/c1-3-10(8-18(13,15)16)7-17-12-6-9(2)4-5-11(12)14/h4-6,10H,3,7-8H2,1-2H3. The van der Waals surface area contributed by atoms with Crippen LogP contribution in [0.1, 0.15) is 18.9 Å². The molecule has 6 heteroatoms. The number of hydrogen-bond donors (Lipinski definition) is 0. The van der Waals surface area contributed by atoms with Gasteiger partial charge in [0.1, 0.15) is 0 Å². The lowest BCUT2D eigenvalue weighted by Gasteiger charge is -2.15. The fourth-order valence-corrected chi connectivity index (χ4v) is 2.92. The van der Waals surface area contributed by atoms with Gasteiger partial charge in [-0.05, 0) is 31.0 Å². The Bertz CT molecular complexity index is 502. The van der Waals surface area contributed by atoms with Crippen molar-refractivity contribution in [3.05, 3.63) is 29.6 Å². The second-order valence-electron chi connectivity index (χ2n) is 4.22. The van der Waals surface area contributed by atoms with Crippen LogP contribution in [0.3, 0.4) is 0 Å². The molecule has 102 valence electrons. The summed E-state index contributed by atoms with van der Waals surface area (Å²) in [6.07, 6.45) is 0.597. The summed E-state index contributed by atoms with van der Waals surface area (Å²) in [5.41, 5.74) is 0.879. The van der Waals surface area contributed by atoms with Crippen molar-refractivity contribution in [2.45, 2.75) is 20.3 Å². The zero-order valence-corrected chi connectivity index (χ0v) is 11.9. The van der Waals surface area contributed by atoms with Gasteiger partial charge in [-0.3, -0.25) is 0 Å². The smallest absolute Gasteiger partial charge is 0.232 e. The van der Waals surface area contributed by atoms with Crippen LogP contribution in [0, 0.1) is 18.7 Å². The third kappa shape index (κ3) is 5.23. The van der Waals surface area contributed by atoms with Crippen molar-refractivity contribution in [2.24, 2.45) is 5.92 Å². The van der Waals surface area contributed by atoms with Crippen LogP contribution in [0.25, 0.3) is 0 Å². The molecule has 1 atom stereocenters. The summed E-state index contributed by atoms with van der Waals surface area (Å²) in [7, 11) is 1.63. The molecule has 1 aromatic carbocycles. The Morgan fingerprint density at radius 1 is 1.44 bits per heavy atom. The fraction of sp³-hybridized carbons (Fsp3) is 0.500. The maximum Gasteiger partial charge on any atom is 0.232 e. The first kappa shape index (κ1) is 15.2. The molecule has 0 saturated heterocycles. The van der Waals surface area contributed by atoms with Gasteiger partial charge in [-0.2, -0.15) is 0 Å². The molecule has 0 N–H and O–H groups in total. The highest BCUT2D eigenvalue weighted by atomic mass is 35.7. The Labute approximate surface area is 111 Å². The Balaban J connectivity index is 2.65. The average molecular weight is 295 g/mol. The number of aryl methyl sites for hydroxylation is 1.